The van der Waals surface area contributed by atoms with E-state index < -0.39 is 0 Å². The van der Waals surface area contributed by atoms with Gasteiger partial charge in [-0.05, 0) is 38.5 Å². The fourth-order valence-electron chi connectivity index (χ4n) is 1.66. The van der Waals surface area contributed by atoms with Crippen LogP contribution in [-0.2, 0) is 11.2 Å². The van der Waals surface area contributed by atoms with Crippen LogP contribution in [0.25, 0.3) is 11.1 Å². The predicted molar refractivity (Wildman–Crippen MR) is 65.6 cm³/mol. The van der Waals surface area contributed by atoms with Gasteiger partial charge in [-0.3, -0.25) is 4.79 Å². The number of benzene rings is 1. The molecule has 2 rings (SSSR count). The van der Waals surface area contributed by atoms with Gasteiger partial charge in [-0.15, -0.1) is 0 Å². The molecule has 17 heavy (non-hydrogen) atoms. The Morgan fingerprint density at radius 3 is 2.88 bits per heavy atom. The molecule has 0 saturated heterocycles. The van der Waals surface area contributed by atoms with Crippen molar-refractivity contribution in [2.24, 2.45) is 0 Å². The van der Waals surface area contributed by atoms with Crippen LogP contribution in [0, 0.1) is 0 Å². The number of fused-ring (bicyclic) bond motifs is 1. The average Bonchev–Trinajstić information content (AvgIpc) is 2.61. The van der Waals surface area contributed by atoms with E-state index in [1.165, 1.54) is 6.39 Å². The number of nitrogens with one attached hydrogen (secondary N) is 1. The van der Waals surface area contributed by atoms with Crippen molar-refractivity contribution in [1.82, 2.24) is 10.3 Å². The lowest BCUT2D eigenvalue weighted by Gasteiger charge is -2.20. The van der Waals surface area contributed by atoms with E-state index in [0.717, 1.165) is 11.1 Å². The summed E-state index contributed by atoms with van der Waals surface area (Å²) in [5.74, 6) is 0.0105. The lowest BCUT2D eigenvalue weighted by Crippen LogP contribution is -2.41. The first-order valence-corrected chi connectivity index (χ1v) is 5.57. The SMILES string of the molecule is CC(C)(C)NC(=O)Cc1ccc2ncoc2c1. The summed E-state index contributed by atoms with van der Waals surface area (Å²) in [6, 6.07) is 5.61. The topological polar surface area (TPSA) is 55.1 Å². The van der Waals surface area contributed by atoms with Gasteiger partial charge in [0, 0.05) is 5.54 Å². The third-order valence-corrected chi connectivity index (χ3v) is 2.27. The molecular formula is C13H16N2O2. The highest BCUT2D eigenvalue weighted by Gasteiger charge is 2.14. The minimum absolute atomic E-state index is 0.0105. The molecule has 1 amide bonds. The third-order valence-electron chi connectivity index (χ3n) is 2.27. The van der Waals surface area contributed by atoms with E-state index in [0.29, 0.717) is 12.0 Å². The van der Waals surface area contributed by atoms with Crippen LogP contribution in [-0.4, -0.2) is 16.4 Å². The highest BCUT2D eigenvalue weighted by molar-refractivity contribution is 5.81. The van der Waals surface area contributed by atoms with Crippen LogP contribution in [0.3, 0.4) is 0 Å². The molecule has 4 heteroatoms. The van der Waals surface area contributed by atoms with Crippen molar-refractivity contribution < 1.29 is 9.21 Å². The lowest BCUT2D eigenvalue weighted by atomic mass is 10.1. The summed E-state index contributed by atoms with van der Waals surface area (Å²) in [6.07, 6.45) is 1.76. The summed E-state index contributed by atoms with van der Waals surface area (Å²) in [5, 5.41) is 2.92. The number of amides is 1. The number of hydrogen-bond donors (Lipinski definition) is 1. The molecule has 0 spiro atoms. The Labute approximate surface area is 100 Å². The second-order valence-electron chi connectivity index (χ2n) is 5.13. The molecule has 4 nitrogen and oxygen atoms in total. The molecular weight excluding hydrogens is 216 g/mol. The van der Waals surface area contributed by atoms with Gasteiger partial charge in [0.05, 0.1) is 6.42 Å². The standard InChI is InChI=1S/C13H16N2O2/c1-13(2,3)15-12(16)7-9-4-5-10-11(6-9)17-8-14-10/h4-6,8H,7H2,1-3H3,(H,15,16). The van der Waals surface area contributed by atoms with Crippen LogP contribution < -0.4 is 5.32 Å². The zero-order valence-corrected chi connectivity index (χ0v) is 10.3. The van der Waals surface area contributed by atoms with Crippen molar-refractivity contribution in [2.75, 3.05) is 0 Å². The number of carbonyl (C=O) groups is 1. The molecule has 1 aromatic heterocycles. The number of carbonyl (C=O) groups excluding carboxylic acids is 1. The normalized spacial score (nSPS) is 11.7. The van der Waals surface area contributed by atoms with Gasteiger partial charge >= 0.3 is 0 Å². The molecule has 0 aliphatic rings. The van der Waals surface area contributed by atoms with Crippen molar-refractivity contribution in [3.8, 4) is 0 Å². The van der Waals surface area contributed by atoms with Gasteiger partial charge in [0.25, 0.3) is 0 Å². The van der Waals surface area contributed by atoms with E-state index in [-0.39, 0.29) is 11.4 Å². The Kier molecular flexibility index (Phi) is 2.88. The summed E-state index contributed by atoms with van der Waals surface area (Å²) in [7, 11) is 0. The van der Waals surface area contributed by atoms with Crippen molar-refractivity contribution in [2.45, 2.75) is 32.7 Å². The Morgan fingerprint density at radius 2 is 2.18 bits per heavy atom. The quantitative estimate of drug-likeness (QED) is 0.864. The molecule has 0 bridgehead atoms. The molecule has 0 aliphatic carbocycles. The van der Waals surface area contributed by atoms with Crippen LogP contribution in [0.4, 0.5) is 0 Å². The van der Waals surface area contributed by atoms with Crippen LogP contribution in [0.15, 0.2) is 29.0 Å². The highest BCUT2D eigenvalue weighted by atomic mass is 16.3. The summed E-state index contributed by atoms with van der Waals surface area (Å²) in [6.45, 7) is 5.89. The second-order valence-corrected chi connectivity index (χ2v) is 5.13. The van der Waals surface area contributed by atoms with E-state index in [2.05, 4.69) is 10.3 Å². The van der Waals surface area contributed by atoms with E-state index in [1.54, 1.807) is 0 Å². The van der Waals surface area contributed by atoms with Gasteiger partial charge in [0.15, 0.2) is 12.0 Å². The van der Waals surface area contributed by atoms with E-state index in [9.17, 15) is 4.79 Å². The Morgan fingerprint density at radius 1 is 1.41 bits per heavy atom. The Hall–Kier alpha value is -1.84. The van der Waals surface area contributed by atoms with Crippen LogP contribution in [0.2, 0.25) is 0 Å². The largest absolute Gasteiger partial charge is 0.443 e. The third kappa shape index (κ3) is 3.06. The van der Waals surface area contributed by atoms with E-state index in [1.807, 2.05) is 39.0 Å². The molecule has 0 aliphatic heterocycles. The van der Waals surface area contributed by atoms with Crippen molar-refractivity contribution in [3.63, 3.8) is 0 Å². The zero-order chi connectivity index (χ0) is 12.5. The molecule has 1 heterocycles. The van der Waals surface area contributed by atoms with Gasteiger partial charge < -0.3 is 9.73 Å². The maximum Gasteiger partial charge on any atom is 0.224 e. The van der Waals surface area contributed by atoms with E-state index >= 15 is 0 Å². The van der Waals surface area contributed by atoms with Crippen LogP contribution >= 0.6 is 0 Å². The van der Waals surface area contributed by atoms with Gasteiger partial charge in [-0.25, -0.2) is 4.98 Å². The lowest BCUT2D eigenvalue weighted by molar-refractivity contribution is -0.121. The maximum atomic E-state index is 11.7. The summed E-state index contributed by atoms with van der Waals surface area (Å²) < 4.78 is 5.20. The Bertz CT molecular complexity index is 538. The van der Waals surface area contributed by atoms with Crippen molar-refractivity contribution >= 4 is 17.0 Å². The molecule has 0 fully saturated rings. The first-order chi connectivity index (χ1) is 7.94. The Balaban J connectivity index is 2.10. The van der Waals surface area contributed by atoms with Gasteiger partial charge in [-0.2, -0.15) is 0 Å². The maximum absolute atomic E-state index is 11.7. The summed E-state index contributed by atoms with van der Waals surface area (Å²) in [4.78, 5) is 15.8. The molecule has 0 atom stereocenters. The predicted octanol–water partition coefficient (Wildman–Crippen LogP) is 2.29. The minimum Gasteiger partial charge on any atom is -0.443 e. The zero-order valence-electron chi connectivity index (χ0n) is 10.3. The first kappa shape index (κ1) is 11.6. The minimum atomic E-state index is -0.201. The number of nitrogens with zero attached hydrogens (tertiary/aromatic N) is 1. The van der Waals surface area contributed by atoms with Crippen LogP contribution in [0.1, 0.15) is 26.3 Å². The highest BCUT2D eigenvalue weighted by Crippen LogP contribution is 2.14. The molecule has 2 aromatic rings. The number of oxazole rings is 1. The van der Waals surface area contributed by atoms with Crippen molar-refractivity contribution in [1.29, 1.82) is 0 Å². The molecule has 0 unspecified atom stereocenters. The smallest absolute Gasteiger partial charge is 0.224 e. The van der Waals surface area contributed by atoms with Crippen LogP contribution in [0.5, 0.6) is 0 Å². The van der Waals surface area contributed by atoms with E-state index in [4.69, 9.17) is 4.42 Å². The van der Waals surface area contributed by atoms with Crippen molar-refractivity contribution in [3.05, 3.63) is 30.2 Å². The average molecular weight is 232 g/mol. The molecule has 0 radical (unpaired) electrons. The first-order valence-electron chi connectivity index (χ1n) is 5.57. The van der Waals surface area contributed by atoms with Gasteiger partial charge in [-0.1, -0.05) is 6.07 Å². The molecule has 90 valence electrons. The summed E-state index contributed by atoms with van der Waals surface area (Å²) >= 11 is 0. The number of hydrogen-bond acceptors (Lipinski definition) is 3. The molecule has 0 saturated carbocycles. The molecule has 1 aromatic carbocycles. The van der Waals surface area contributed by atoms with Gasteiger partial charge in [0.2, 0.25) is 5.91 Å². The summed E-state index contributed by atoms with van der Waals surface area (Å²) in [5.41, 5.74) is 2.25. The van der Waals surface area contributed by atoms with Gasteiger partial charge in [0.1, 0.15) is 5.52 Å². The second kappa shape index (κ2) is 4.20. The monoisotopic (exact) mass is 232 g/mol. The fourth-order valence-corrected chi connectivity index (χ4v) is 1.66. The number of rotatable bonds is 2. The molecule has 1 N–H and O–H groups in total. The number of aromatic nitrogens is 1. The fraction of sp³-hybridized carbons (Fsp3) is 0.385.